The Morgan fingerprint density at radius 3 is 2.64 bits per heavy atom. The Morgan fingerprint density at radius 1 is 1.16 bits per heavy atom. The molecule has 0 aromatic heterocycles. The van der Waals surface area contributed by atoms with Crippen molar-refractivity contribution in [3.8, 4) is 5.75 Å². The molecule has 1 saturated heterocycles. The second-order valence-corrected chi connectivity index (χ2v) is 6.36. The van der Waals surface area contributed by atoms with Crippen LogP contribution in [0.3, 0.4) is 0 Å². The summed E-state index contributed by atoms with van der Waals surface area (Å²) < 4.78 is 5.25. The number of aryl methyl sites for hydroxylation is 2. The van der Waals surface area contributed by atoms with Crippen LogP contribution in [0.2, 0.25) is 0 Å². The summed E-state index contributed by atoms with van der Waals surface area (Å²) in [4.78, 5) is 26.7. The zero-order valence-electron chi connectivity index (χ0n) is 14.7. The number of anilines is 2. The van der Waals surface area contributed by atoms with Crippen molar-refractivity contribution in [2.24, 2.45) is 5.92 Å². The van der Waals surface area contributed by atoms with Gasteiger partial charge in [-0.1, -0.05) is 18.2 Å². The maximum Gasteiger partial charge on any atom is 0.229 e. The minimum absolute atomic E-state index is 0.0246. The van der Waals surface area contributed by atoms with E-state index in [0.29, 0.717) is 18.0 Å². The molecule has 5 nitrogen and oxygen atoms in total. The zero-order chi connectivity index (χ0) is 18.0. The van der Waals surface area contributed by atoms with E-state index in [1.54, 1.807) is 24.1 Å². The van der Waals surface area contributed by atoms with Crippen molar-refractivity contribution in [1.29, 1.82) is 0 Å². The van der Waals surface area contributed by atoms with Gasteiger partial charge in [0.05, 0.1) is 18.7 Å². The number of benzene rings is 2. The summed E-state index contributed by atoms with van der Waals surface area (Å²) in [5.74, 6) is 0.0397. The van der Waals surface area contributed by atoms with E-state index >= 15 is 0 Å². The number of carbonyl (C=O) groups excluding carboxylic acids is 2. The summed E-state index contributed by atoms with van der Waals surface area (Å²) in [6.07, 6.45) is 0.216. The molecular formula is C20H22N2O3. The first-order chi connectivity index (χ1) is 12.0. The van der Waals surface area contributed by atoms with Gasteiger partial charge >= 0.3 is 0 Å². The van der Waals surface area contributed by atoms with Gasteiger partial charge in [-0.05, 0) is 49.2 Å². The second-order valence-electron chi connectivity index (χ2n) is 6.36. The highest BCUT2D eigenvalue weighted by atomic mass is 16.5. The average Bonchev–Trinajstić information content (AvgIpc) is 3.00. The molecule has 0 aliphatic carbocycles. The van der Waals surface area contributed by atoms with Gasteiger partial charge in [0.1, 0.15) is 5.75 Å². The molecule has 130 valence electrons. The molecule has 2 amide bonds. The van der Waals surface area contributed by atoms with Crippen molar-refractivity contribution >= 4 is 23.2 Å². The van der Waals surface area contributed by atoms with Gasteiger partial charge in [-0.15, -0.1) is 0 Å². The lowest BCUT2D eigenvalue weighted by Gasteiger charge is -2.18. The Bertz CT molecular complexity index is 816. The van der Waals surface area contributed by atoms with Crippen LogP contribution in [0.25, 0.3) is 0 Å². The Balaban J connectivity index is 1.73. The Kier molecular flexibility index (Phi) is 4.74. The molecule has 2 aromatic carbocycles. The largest absolute Gasteiger partial charge is 0.495 e. The van der Waals surface area contributed by atoms with E-state index in [0.717, 1.165) is 11.3 Å². The topological polar surface area (TPSA) is 58.6 Å². The monoisotopic (exact) mass is 338 g/mol. The first-order valence-corrected chi connectivity index (χ1v) is 8.31. The van der Waals surface area contributed by atoms with Gasteiger partial charge < -0.3 is 15.0 Å². The van der Waals surface area contributed by atoms with Gasteiger partial charge in [0.2, 0.25) is 11.8 Å². The fraction of sp³-hybridized carbons (Fsp3) is 0.300. The third kappa shape index (κ3) is 3.50. The predicted octanol–water partition coefficient (Wildman–Crippen LogP) is 3.30. The molecule has 1 heterocycles. The molecular weight excluding hydrogens is 316 g/mol. The van der Waals surface area contributed by atoms with E-state index in [9.17, 15) is 9.59 Å². The van der Waals surface area contributed by atoms with E-state index in [1.807, 2.05) is 44.2 Å². The fourth-order valence-electron chi connectivity index (χ4n) is 3.01. The minimum atomic E-state index is -0.376. The molecule has 2 aromatic rings. The number of hydrogen-bond acceptors (Lipinski definition) is 3. The van der Waals surface area contributed by atoms with E-state index in [2.05, 4.69) is 5.32 Å². The molecule has 0 saturated carbocycles. The van der Waals surface area contributed by atoms with Crippen molar-refractivity contribution in [3.63, 3.8) is 0 Å². The van der Waals surface area contributed by atoms with E-state index in [4.69, 9.17) is 4.74 Å². The van der Waals surface area contributed by atoms with Crippen molar-refractivity contribution in [3.05, 3.63) is 53.6 Å². The molecule has 0 spiro atoms. The van der Waals surface area contributed by atoms with Crippen molar-refractivity contribution in [2.45, 2.75) is 20.3 Å². The van der Waals surface area contributed by atoms with Gasteiger partial charge in [0, 0.05) is 18.7 Å². The smallest absolute Gasteiger partial charge is 0.229 e. The van der Waals surface area contributed by atoms with E-state index < -0.39 is 0 Å². The van der Waals surface area contributed by atoms with E-state index in [1.165, 1.54) is 5.56 Å². The number of methoxy groups -OCH3 is 1. The van der Waals surface area contributed by atoms with Crippen LogP contribution < -0.4 is 15.0 Å². The maximum atomic E-state index is 12.6. The molecule has 1 aliphatic heterocycles. The zero-order valence-corrected chi connectivity index (χ0v) is 14.7. The standard InChI is InChI=1S/C20H22N2O3/c1-13-8-9-16(10-14(13)2)22-12-15(11-19(22)23)20(24)21-17-6-4-5-7-18(17)25-3/h4-10,15H,11-12H2,1-3H3,(H,21,24)/t15-/m1/s1. The number of carbonyl (C=O) groups is 2. The maximum absolute atomic E-state index is 12.6. The van der Waals surface area contributed by atoms with Crippen LogP contribution in [-0.2, 0) is 9.59 Å². The highest BCUT2D eigenvalue weighted by Crippen LogP contribution is 2.29. The van der Waals surface area contributed by atoms with Gasteiger partial charge in [0.15, 0.2) is 0 Å². The Morgan fingerprint density at radius 2 is 1.92 bits per heavy atom. The molecule has 5 heteroatoms. The van der Waals surface area contributed by atoms with Gasteiger partial charge in [-0.25, -0.2) is 0 Å². The van der Waals surface area contributed by atoms with Crippen LogP contribution in [0.15, 0.2) is 42.5 Å². The SMILES string of the molecule is COc1ccccc1NC(=O)[C@@H]1CC(=O)N(c2ccc(C)c(C)c2)C1. The van der Waals surface area contributed by atoms with Crippen LogP contribution in [0.1, 0.15) is 17.5 Å². The molecule has 0 bridgehead atoms. The Hall–Kier alpha value is -2.82. The van der Waals surface area contributed by atoms with Gasteiger partial charge in [0.25, 0.3) is 0 Å². The summed E-state index contributed by atoms with van der Waals surface area (Å²) in [5, 5.41) is 2.87. The van der Waals surface area contributed by atoms with Crippen molar-refractivity contribution in [2.75, 3.05) is 23.9 Å². The van der Waals surface area contributed by atoms with Crippen LogP contribution >= 0.6 is 0 Å². The van der Waals surface area contributed by atoms with Crippen LogP contribution in [0.5, 0.6) is 5.75 Å². The quantitative estimate of drug-likeness (QED) is 0.930. The predicted molar refractivity (Wildman–Crippen MR) is 98.0 cm³/mol. The first kappa shape index (κ1) is 17.0. The number of nitrogens with zero attached hydrogens (tertiary/aromatic N) is 1. The highest BCUT2D eigenvalue weighted by Gasteiger charge is 2.35. The average molecular weight is 338 g/mol. The summed E-state index contributed by atoms with van der Waals surface area (Å²) in [5.41, 5.74) is 3.78. The van der Waals surface area contributed by atoms with E-state index in [-0.39, 0.29) is 24.2 Å². The van der Waals surface area contributed by atoms with Crippen molar-refractivity contribution < 1.29 is 14.3 Å². The first-order valence-electron chi connectivity index (χ1n) is 8.31. The third-order valence-corrected chi connectivity index (χ3v) is 4.66. The van der Waals surface area contributed by atoms with Gasteiger partial charge in [-0.3, -0.25) is 9.59 Å². The second kappa shape index (κ2) is 6.97. The normalized spacial score (nSPS) is 16.8. The fourth-order valence-corrected chi connectivity index (χ4v) is 3.01. The molecule has 25 heavy (non-hydrogen) atoms. The van der Waals surface area contributed by atoms with Gasteiger partial charge in [-0.2, -0.15) is 0 Å². The minimum Gasteiger partial charge on any atom is -0.495 e. The summed E-state index contributed by atoms with van der Waals surface area (Å²) in [7, 11) is 1.56. The number of rotatable bonds is 4. The lowest BCUT2D eigenvalue weighted by molar-refractivity contribution is -0.122. The van der Waals surface area contributed by atoms with Crippen LogP contribution in [0.4, 0.5) is 11.4 Å². The molecule has 1 atom stereocenters. The third-order valence-electron chi connectivity index (χ3n) is 4.66. The Labute approximate surface area is 147 Å². The molecule has 3 rings (SSSR count). The molecule has 0 unspecified atom stereocenters. The summed E-state index contributed by atoms with van der Waals surface area (Å²) in [6.45, 7) is 4.45. The van der Waals surface area contributed by atoms with Crippen LogP contribution in [0, 0.1) is 19.8 Å². The number of nitrogens with one attached hydrogen (secondary N) is 1. The van der Waals surface area contributed by atoms with Crippen LogP contribution in [-0.4, -0.2) is 25.5 Å². The lowest BCUT2D eigenvalue weighted by atomic mass is 10.1. The molecule has 0 radical (unpaired) electrons. The number of ether oxygens (including phenoxy) is 1. The highest BCUT2D eigenvalue weighted by molar-refractivity contribution is 6.04. The number of amides is 2. The number of para-hydroxylation sites is 2. The molecule has 1 fully saturated rings. The summed E-state index contributed by atoms with van der Waals surface area (Å²) >= 11 is 0. The summed E-state index contributed by atoms with van der Waals surface area (Å²) in [6, 6.07) is 13.2. The number of hydrogen-bond donors (Lipinski definition) is 1. The molecule has 1 aliphatic rings. The molecule has 1 N–H and O–H groups in total. The van der Waals surface area contributed by atoms with Crippen molar-refractivity contribution in [1.82, 2.24) is 0 Å². The lowest BCUT2D eigenvalue weighted by Crippen LogP contribution is -2.28.